The summed E-state index contributed by atoms with van der Waals surface area (Å²) < 4.78 is 0. The van der Waals surface area contributed by atoms with Gasteiger partial charge in [-0.15, -0.1) is 0 Å². The third-order valence-corrected chi connectivity index (χ3v) is 4.35. The predicted octanol–water partition coefficient (Wildman–Crippen LogP) is 0.827. The third kappa shape index (κ3) is 2.51. The van der Waals surface area contributed by atoms with Crippen LogP contribution in [0.3, 0.4) is 0 Å². The van der Waals surface area contributed by atoms with E-state index in [9.17, 15) is 14.7 Å². The third-order valence-electron chi connectivity index (χ3n) is 4.35. The maximum Gasteiger partial charge on any atom is 0.326 e. The largest absolute Gasteiger partial charge is 0.480 e. The van der Waals surface area contributed by atoms with E-state index in [4.69, 9.17) is 5.73 Å². The topological polar surface area (TPSA) is 83.6 Å². The summed E-state index contributed by atoms with van der Waals surface area (Å²) in [5.41, 5.74) is 5.70. The van der Waals surface area contributed by atoms with Crippen LogP contribution in [0.1, 0.15) is 38.5 Å². The number of nitrogens with zero attached hydrogens (tertiary/aromatic N) is 1. The highest BCUT2D eigenvalue weighted by Crippen LogP contribution is 2.34. The van der Waals surface area contributed by atoms with Crippen LogP contribution in [0.25, 0.3) is 0 Å². The van der Waals surface area contributed by atoms with Gasteiger partial charge < -0.3 is 15.7 Å². The summed E-state index contributed by atoms with van der Waals surface area (Å²) in [6.45, 7) is 1.12. The summed E-state index contributed by atoms with van der Waals surface area (Å²) >= 11 is 0. The van der Waals surface area contributed by atoms with E-state index in [0.29, 0.717) is 19.5 Å². The van der Waals surface area contributed by atoms with Gasteiger partial charge in [0.15, 0.2) is 0 Å². The lowest BCUT2D eigenvalue weighted by Gasteiger charge is -2.35. The molecule has 0 aromatic rings. The number of likely N-dealkylation sites (tertiary alicyclic amines) is 1. The van der Waals surface area contributed by atoms with Crippen molar-refractivity contribution in [1.29, 1.82) is 0 Å². The second kappa shape index (κ2) is 5.69. The van der Waals surface area contributed by atoms with Crippen molar-refractivity contribution in [2.45, 2.75) is 44.6 Å². The standard InChI is InChI=1S/C13H22N2O3/c14-8-9-4-3-5-10(9)12(16)15-7-2-1-6-11(15)13(17)18/h9-11H,1-8,14H2,(H,17,18)/t9?,10?,11-/m1/s1. The molecule has 1 saturated heterocycles. The summed E-state index contributed by atoms with van der Waals surface area (Å²) in [6.07, 6.45) is 5.29. The number of carboxylic acid groups (broad SMARTS) is 1. The molecule has 2 fully saturated rings. The van der Waals surface area contributed by atoms with Crippen molar-refractivity contribution in [2.75, 3.05) is 13.1 Å². The van der Waals surface area contributed by atoms with Gasteiger partial charge in [0.25, 0.3) is 0 Å². The summed E-state index contributed by atoms with van der Waals surface area (Å²) in [4.78, 5) is 25.3. The van der Waals surface area contributed by atoms with Gasteiger partial charge >= 0.3 is 5.97 Å². The molecule has 18 heavy (non-hydrogen) atoms. The molecule has 0 aromatic carbocycles. The van der Waals surface area contributed by atoms with E-state index in [-0.39, 0.29) is 17.7 Å². The SMILES string of the molecule is NCC1CCCC1C(=O)N1CCCC[C@@H]1C(=O)O. The van der Waals surface area contributed by atoms with Crippen LogP contribution in [0.4, 0.5) is 0 Å². The van der Waals surface area contributed by atoms with E-state index in [2.05, 4.69) is 0 Å². The molecule has 0 radical (unpaired) electrons. The average Bonchev–Trinajstić information content (AvgIpc) is 2.86. The summed E-state index contributed by atoms with van der Waals surface area (Å²) in [6, 6.07) is -0.620. The number of carbonyl (C=O) groups excluding carboxylic acids is 1. The Balaban J connectivity index is 2.08. The van der Waals surface area contributed by atoms with Crippen molar-refractivity contribution in [3.05, 3.63) is 0 Å². The first-order valence-electron chi connectivity index (χ1n) is 6.88. The van der Waals surface area contributed by atoms with Gasteiger partial charge in [-0.25, -0.2) is 4.79 Å². The number of nitrogens with two attached hydrogens (primary N) is 1. The smallest absolute Gasteiger partial charge is 0.326 e. The van der Waals surface area contributed by atoms with Gasteiger partial charge in [0.1, 0.15) is 6.04 Å². The van der Waals surface area contributed by atoms with Gasteiger partial charge in [0, 0.05) is 12.5 Å². The maximum absolute atomic E-state index is 12.5. The van der Waals surface area contributed by atoms with Crippen LogP contribution in [0.5, 0.6) is 0 Å². The summed E-state index contributed by atoms with van der Waals surface area (Å²) in [5, 5.41) is 9.20. The Labute approximate surface area is 107 Å². The van der Waals surface area contributed by atoms with Crippen LogP contribution >= 0.6 is 0 Å². The Morgan fingerprint density at radius 1 is 1.17 bits per heavy atom. The molecule has 1 amide bonds. The Bertz CT molecular complexity index is 332. The van der Waals surface area contributed by atoms with Crippen LogP contribution < -0.4 is 5.73 Å². The fraction of sp³-hybridized carbons (Fsp3) is 0.846. The molecule has 3 N–H and O–H groups in total. The molecule has 1 saturated carbocycles. The van der Waals surface area contributed by atoms with Crippen LogP contribution in [-0.4, -0.2) is 41.0 Å². The van der Waals surface area contributed by atoms with Gasteiger partial charge in [-0.2, -0.15) is 0 Å². The van der Waals surface area contributed by atoms with Crippen LogP contribution in [0.15, 0.2) is 0 Å². The summed E-state index contributed by atoms with van der Waals surface area (Å²) in [7, 11) is 0. The van der Waals surface area contributed by atoms with Crippen molar-refractivity contribution >= 4 is 11.9 Å². The molecule has 102 valence electrons. The molecule has 1 aliphatic carbocycles. The number of hydrogen-bond acceptors (Lipinski definition) is 3. The molecule has 2 rings (SSSR count). The van der Waals surface area contributed by atoms with Crippen molar-refractivity contribution in [3.8, 4) is 0 Å². The van der Waals surface area contributed by atoms with Crippen LogP contribution in [0.2, 0.25) is 0 Å². The van der Waals surface area contributed by atoms with E-state index in [1.807, 2.05) is 0 Å². The van der Waals surface area contributed by atoms with E-state index in [1.165, 1.54) is 0 Å². The van der Waals surface area contributed by atoms with E-state index in [0.717, 1.165) is 32.1 Å². The number of hydrogen-bond donors (Lipinski definition) is 2. The number of rotatable bonds is 3. The first kappa shape index (κ1) is 13.3. The second-order valence-corrected chi connectivity index (χ2v) is 5.41. The number of aliphatic carboxylic acids is 1. The zero-order valence-electron chi connectivity index (χ0n) is 10.7. The minimum absolute atomic E-state index is 0.0232. The maximum atomic E-state index is 12.5. The predicted molar refractivity (Wildman–Crippen MR) is 66.9 cm³/mol. The van der Waals surface area contributed by atoms with Crippen LogP contribution in [-0.2, 0) is 9.59 Å². The zero-order chi connectivity index (χ0) is 13.1. The lowest BCUT2D eigenvalue weighted by atomic mass is 9.92. The Morgan fingerprint density at radius 2 is 1.94 bits per heavy atom. The number of amides is 1. The number of piperidine rings is 1. The second-order valence-electron chi connectivity index (χ2n) is 5.41. The first-order valence-corrected chi connectivity index (χ1v) is 6.88. The Hall–Kier alpha value is -1.10. The van der Waals surface area contributed by atoms with Crippen molar-refractivity contribution in [3.63, 3.8) is 0 Å². The fourth-order valence-electron chi connectivity index (χ4n) is 3.31. The van der Waals surface area contributed by atoms with Gasteiger partial charge in [-0.05, 0) is 44.6 Å². The molecule has 2 aliphatic rings. The van der Waals surface area contributed by atoms with Crippen LogP contribution in [0, 0.1) is 11.8 Å². The molecule has 0 aromatic heterocycles. The van der Waals surface area contributed by atoms with Gasteiger partial charge in [-0.1, -0.05) is 6.42 Å². The van der Waals surface area contributed by atoms with Gasteiger partial charge in [0.2, 0.25) is 5.91 Å². The lowest BCUT2D eigenvalue weighted by Crippen LogP contribution is -2.51. The molecule has 0 spiro atoms. The molecule has 5 nitrogen and oxygen atoms in total. The number of carboxylic acids is 1. The molecule has 5 heteroatoms. The normalized spacial score (nSPS) is 32.5. The lowest BCUT2D eigenvalue weighted by molar-refractivity contribution is -0.154. The number of carbonyl (C=O) groups is 2. The highest BCUT2D eigenvalue weighted by atomic mass is 16.4. The molecule has 0 bridgehead atoms. The molecule has 1 aliphatic heterocycles. The molecule has 3 atom stereocenters. The summed E-state index contributed by atoms with van der Waals surface area (Å²) in [5.74, 6) is -0.649. The Kier molecular flexibility index (Phi) is 4.22. The molecular formula is C13H22N2O3. The minimum atomic E-state index is -0.870. The minimum Gasteiger partial charge on any atom is -0.480 e. The van der Waals surface area contributed by atoms with E-state index >= 15 is 0 Å². The molecule has 1 heterocycles. The first-order chi connectivity index (χ1) is 8.65. The van der Waals surface area contributed by atoms with E-state index < -0.39 is 12.0 Å². The quantitative estimate of drug-likeness (QED) is 0.781. The average molecular weight is 254 g/mol. The van der Waals surface area contributed by atoms with Crippen molar-refractivity contribution in [1.82, 2.24) is 4.90 Å². The highest BCUT2D eigenvalue weighted by molar-refractivity contribution is 5.85. The monoisotopic (exact) mass is 254 g/mol. The van der Waals surface area contributed by atoms with Crippen molar-refractivity contribution in [2.24, 2.45) is 17.6 Å². The molecular weight excluding hydrogens is 232 g/mol. The van der Waals surface area contributed by atoms with E-state index in [1.54, 1.807) is 4.90 Å². The Morgan fingerprint density at radius 3 is 2.61 bits per heavy atom. The zero-order valence-corrected chi connectivity index (χ0v) is 10.7. The van der Waals surface area contributed by atoms with Gasteiger partial charge in [-0.3, -0.25) is 4.79 Å². The van der Waals surface area contributed by atoms with Crippen molar-refractivity contribution < 1.29 is 14.7 Å². The molecule has 2 unspecified atom stereocenters. The van der Waals surface area contributed by atoms with Gasteiger partial charge in [0.05, 0.1) is 0 Å². The fourth-order valence-corrected chi connectivity index (χ4v) is 3.31. The highest BCUT2D eigenvalue weighted by Gasteiger charge is 2.39.